The van der Waals surface area contributed by atoms with Crippen LogP contribution in [0, 0.1) is 0 Å². The molecule has 0 amide bonds. The fourth-order valence-electron chi connectivity index (χ4n) is 2.35. The van der Waals surface area contributed by atoms with Crippen molar-refractivity contribution in [1.29, 1.82) is 0 Å². The molecule has 0 heterocycles. The van der Waals surface area contributed by atoms with E-state index in [1.54, 1.807) is 0 Å². The van der Waals surface area contributed by atoms with Gasteiger partial charge < -0.3 is 15.1 Å². The van der Waals surface area contributed by atoms with Crippen molar-refractivity contribution in [2.75, 3.05) is 42.3 Å². The van der Waals surface area contributed by atoms with Gasteiger partial charge in [0, 0.05) is 49.9 Å². The smallest absolute Gasteiger partial charge is 0.0385 e. The minimum atomic E-state index is 1.04. The van der Waals surface area contributed by atoms with Crippen molar-refractivity contribution >= 4 is 22.7 Å². The van der Waals surface area contributed by atoms with E-state index in [9.17, 15) is 0 Å². The third-order valence-electron chi connectivity index (χ3n) is 3.67. The topological polar surface area (TPSA) is 18.5 Å². The van der Waals surface area contributed by atoms with E-state index in [0.717, 1.165) is 24.5 Å². The molecule has 3 nitrogen and oxygen atoms in total. The van der Waals surface area contributed by atoms with Crippen LogP contribution in [0.2, 0.25) is 0 Å². The summed E-state index contributed by atoms with van der Waals surface area (Å²) in [6, 6.07) is 17.1. The zero-order valence-electron chi connectivity index (χ0n) is 13.4. The van der Waals surface area contributed by atoms with Crippen molar-refractivity contribution in [3.63, 3.8) is 0 Å². The Morgan fingerprint density at radius 3 is 1.52 bits per heavy atom. The minimum absolute atomic E-state index is 1.04. The van der Waals surface area contributed by atoms with Crippen molar-refractivity contribution in [3.05, 3.63) is 48.5 Å². The SMILES string of the molecule is CCN(CC)c1ccc(Nc2ccc(N(C)C)cc2)cc1. The van der Waals surface area contributed by atoms with Crippen LogP contribution in [0.1, 0.15) is 13.8 Å². The van der Waals surface area contributed by atoms with Crippen LogP contribution in [0.15, 0.2) is 48.5 Å². The zero-order valence-corrected chi connectivity index (χ0v) is 13.4. The van der Waals surface area contributed by atoms with Gasteiger partial charge in [0.2, 0.25) is 0 Å². The summed E-state index contributed by atoms with van der Waals surface area (Å²) in [7, 11) is 4.10. The van der Waals surface area contributed by atoms with Gasteiger partial charge in [-0.1, -0.05) is 0 Å². The molecule has 0 atom stereocenters. The first kappa shape index (κ1) is 15.2. The Morgan fingerprint density at radius 2 is 1.14 bits per heavy atom. The highest BCUT2D eigenvalue weighted by molar-refractivity contribution is 5.64. The first-order chi connectivity index (χ1) is 10.1. The van der Waals surface area contributed by atoms with E-state index in [1.165, 1.54) is 11.4 Å². The van der Waals surface area contributed by atoms with Crippen LogP contribution in [0.25, 0.3) is 0 Å². The molecule has 0 fully saturated rings. The average molecular weight is 283 g/mol. The van der Waals surface area contributed by atoms with Gasteiger partial charge in [-0.3, -0.25) is 0 Å². The summed E-state index contributed by atoms with van der Waals surface area (Å²) < 4.78 is 0. The molecule has 21 heavy (non-hydrogen) atoms. The molecule has 0 spiro atoms. The molecule has 0 saturated heterocycles. The van der Waals surface area contributed by atoms with Crippen molar-refractivity contribution in [2.45, 2.75) is 13.8 Å². The Balaban J connectivity index is 2.06. The Bertz CT molecular complexity index is 540. The molecule has 1 N–H and O–H groups in total. The van der Waals surface area contributed by atoms with Gasteiger partial charge in [0.1, 0.15) is 0 Å². The number of nitrogens with zero attached hydrogens (tertiary/aromatic N) is 2. The highest BCUT2D eigenvalue weighted by atomic mass is 15.1. The van der Waals surface area contributed by atoms with Gasteiger partial charge >= 0.3 is 0 Å². The third kappa shape index (κ3) is 3.91. The molecule has 112 valence electrons. The molecule has 0 aliphatic rings. The van der Waals surface area contributed by atoms with E-state index in [-0.39, 0.29) is 0 Å². The molecule has 2 rings (SSSR count). The summed E-state index contributed by atoms with van der Waals surface area (Å²) in [5, 5.41) is 3.44. The van der Waals surface area contributed by atoms with Gasteiger partial charge in [0.15, 0.2) is 0 Å². The number of nitrogens with one attached hydrogen (secondary N) is 1. The second-order valence-corrected chi connectivity index (χ2v) is 5.29. The maximum absolute atomic E-state index is 3.44. The number of anilines is 4. The molecule has 0 bridgehead atoms. The van der Waals surface area contributed by atoms with Crippen LogP contribution in [-0.4, -0.2) is 27.2 Å². The highest BCUT2D eigenvalue weighted by Crippen LogP contribution is 2.22. The number of hydrogen-bond donors (Lipinski definition) is 1. The maximum Gasteiger partial charge on any atom is 0.0385 e. The fraction of sp³-hybridized carbons (Fsp3) is 0.333. The number of benzene rings is 2. The van der Waals surface area contributed by atoms with Crippen LogP contribution in [0.4, 0.5) is 22.7 Å². The summed E-state index contributed by atoms with van der Waals surface area (Å²) >= 11 is 0. The van der Waals surface area contributed by atoms with Crippen molar-refractivity contribution in [3.8, 4) is 0 Å². The van der Waals surface area contributed by atoms with E-state index in [0.29, 0.717) is 0 Å². The van der Waals surface area contributed by atoms with Crippen molar-refractivity contribution < 1.29 is 0 Å². The summed E-state index contributed by atoms with van der Waals surface area (Å²) in [6.07, 6.45) is 0. The molecule has 2 aromatic carbocycles. The summed E-state index contributed by atoms with van der Waals surface area (Å²) in [4.78, 5) is 4.44. The Kier molecular flexibility index (Phi) is 5.09. The fourth-order valence-corrected chi connectivity index (χ4v) is 2.35. The lowest BCUT2D eigenvalue weighted by molar-refractivity contribution is 0.866. The van der Waals surface area contributed by atoms with E-state index in [4.69, 9.17) is 0 Å². The molecule has 3 heteroatoms. The lowest BCUT2D eigenvalue weighted by Crippen LogP contribution is -2.21. The summed E-state index contributed by atoms with van der Waals surface area (Å²) in [5.41, 5.74) is 4.70. The van der Waals surface area contributed by atoms with E-state index < -0.39 is 0 Å². The van der Waals surface area contributed by atoms with Crippen molar-refractivity contribution in [1.82, 2.24) is 0 Å². The molecular formula is C18H25N3. The Labute approximate surface area is 128 Å². The molecule has 0 aliphatic carbocycles. The Hall–Kier alpha value is -2.16. The van der Waals surface area contributed by atoms with Gasteiger partial charge in [0.05, 0.1) is 0 Å². The first-order valence-electron chi connectivity index (χ1n) is 7.53. The number of rotatable bonds is 6. The van der Waals surface area contributed by atoms with Crippen molar-refractivity contribution in [2.24, 2.45) is 0 Å². The van der Waals surface area contributed by atoms with Gasteiger partial charge in [-0.25, -0.2) is 0 Å². The molecule has 0 aromatic heterocycles. The van der Waals surface area contributed by atoms with E-state index >= 15 is 0 Å². The van der Waals surface area contributed by atoms with Crippen LogP contribution in [-0.2, 0) is 0 Å². The third-order valence-corrected chi connectivity index (χ3v) is 3.67. The molecule has 0 unspecified atom stereocenters. The van der Waals surface area contributed by atoms with Gasteiger partial charge in [0.25, 0.3) is 0 Å². The first-order valence-corrected chi connectivity index (χ1v) is 7.53. The van der Waals surface area contributed by atoms with Crippen LogP contribution < -0.4 is 15.1 Å². The standard InChI is InChI=1S/C18H25N3/c1-5-21(6-2)18-13-9-16(10-14-18)19-15-7-11-17(12-8-15)20(3)4/h7-14,19H,5-6H2,1-4H3. The molecule has 0 saturated carbocycles. The van der Waals surface area contributed by atoms with Gasteiger partial charge in [-0.15, -0.1) is 0 Å². The molecule has 0 radical (unpaired) electrons. The zero-order chi connectivity index (χ0) is 15.2. The highest BCUT2D eigenvalue weighted by Gasteiger charge is 2.02. The normalized spacial score (nSPS) is 10.3. The van der Waals surface area contributed by atoms with Crippen LogP contribution in [0.3, 0.4) is 0 Å². The average Bonchev–Trinajstić information content (AvgIpc) is 2.51. The van der Waals surface area contributed by atoms with Crippen LogP contribution in [0.5, 0.6) is 0 Å². The second-order valence-electron chi connectivity index (χ2n) is 5.29. The van der Waals surface area contributed by atoms with Crippen LogP contribution >= 0.6 is 0 Å². The predicted molar refractivity (Wildman–Crippen MR) is 94.1 cm³/mol. The quantitative estimate of drug-likeness (QED) is 0.850. The summed E-state index contributed by atoms with van der Waals surface area (Å²) in [6.45, 7) is 6.44. The molecule has 0 aliphatic heterocycles. The van der Waals surface area contributed by atoms with Gasteiger partial charge in [-0.05, 0) is 62.4 Å². The van der Waals surface area contributed by atoms with Gasteiger partial charge in [-0.2, -0.15) is 0 Å². The predicted octanol–water partition coefficient (Wildman–Crippen LogP) is 4.34. The lowest BCUT2D eigenvalue weighted by Gasteiger charge is -2.21. The second kappa shape index (κ2) is 7.02. The molecular weight excluding hydrogens is 258 g/mol. The lowest BCUT2D eigenvalue weighted by atomic mass is 10.2. The maximum atomic E-state index is 3.44. The largest absolute Gasteiger partial charge is 0.378 e. The minimum Gasteiger partial charge on any atom is -0.378 e. The number of hydrogen-bond acceptors (Lipinski definition) is 3. The van der Waals surface area contributed by atoms with E-state index in [1.807, 2.05) is 14.1 Å². The molecule has 2 aromatic rings. The summed E-state index contributed by atoms with van der Waals surface area (Å²) in [5.74, 6) is 0. The monoisotopic (exact) mass is 283 g/mol. The Morgan fingerprint density at radius 1 is 0.714 bits per heavy atom. The van der Waals surface area contributed by atoms with E-state index in [2.05, 4.69) is 77.5 Å².